The first-order chi connectivity index (χ1) is 9.35. The molecule has 2 heteroatoms. The molecule has 0 spiro atoms. The van der Waals surface area contributed by atoms with Crippen LogP contribution in [0.15, 0.2) is 60.7 Å². The number of nitriles is 1. The third-order valence-corrected chi connectivity index (χ3v) is 3.39. The third kappa shape index (κ3) is 1.94. The van der Waals surface area contributed by atoms with Crippen molar-refractivity contribution in [2.75, 3.05) is 0 Å². The van der Waals surface area contributed by atoms with Crippen LogP contribution in [0, 0.1) is 10.2 Å². The topological polar surface area (TPSA) is 23.8 Å². The fraction of sp³-hybridized carbons (Fsp3) is 0. The molecule has 0 aliphatic carbocycles. The van der Waals surface area contributed by atoms with Gasteiger partial charge in [-0.3, -0.25) is 0 Å². The van der Waals surface area contributed by atoms with E-state index >= 15 is 0 Å². The number of hydrogen-bond donors (Lipinski definition) is 0. The molecule has 0 bridgehead atoms. The Kier molecular flexibility index (Phi) is 3.09. The monoisotopic (exact) mass is 309 g/mol. The van der Waals surface area contributed by atoms with Crippen LogP contribution in [0.3, 0.4) is 0 Å². The van der Waals surface area contributed by atoms with Gasteiger partial charge < -0.3 is 0 Å². The van der Waals surface area contributed by atoms with Gasteiger partial charge in [0.25, 0.3) is 0 Å². The third-order valence-electron chi connectivity index (χ3n) is 3.39. The van der Waals surface area contributed by atoms with Gasteiger partial charge in [0.1, 0.15) is 0 Å². The van der Waals surface area contributed by atoms with Crippen LogP contribution >= 0.6 is 0 Å². The van der Waals surface area contributed by atoms with E-state index < -0.39 is 0 Å². The summed E-state index contributed by atoms with van der Waals surface area (Å²) >= 11 is 1.77. The normalized spacial score (nSPS) is 10.3. The van der Waals surface area contributed by atoms with Crippen LogP contribution in [0.5, 0.6) is 0 Å². The van der Waals surface area contributed by atoms with Crippen LogP contribution in [-0.2, 0) is 0 Å². The average Bonchev–Trinajstić information content (AvgIpc) is 2.46. The molecule has 19 heavy (non-hydrogen) atoms. The Bertz CT molecular complexity index is 760. The molecule has 1 nitrogen and oxygen atoms in total. The van der Waals surface area contributed by atoms with Gasteiger partial charge in [0.2, 0.25) is 0 Å². The van der Waals surface area contributed by atoms with E-state index in [9.17, 15) is 0 Å². The maximum Gasteiger partial charge on any atom is -0.00268 e. The summed E-state index contributed by atoms with van der Waals surface area (Å²) in [6.07, 6.45) is 0. The molecule has 4 aromatic carbocycles. The van der Waals surface area contributed by atoms with E-state index in [2.05, 4.69) is 60.7 Å². The molecular formula is C17H11NSe. The molecule has 0 aliphatic rings. The number of rotatable bonds is 0. The minimum absolute atomic E-state index is 1.34. The zero-order chi connectivity index (χ0) is 13.2. The van der Waals surface area contributed by atoms with Crippen molar-refractivity contribution in [2.45, 2.75) is 0 Å². The minimum atomic E-state index is 1.34. The van der Waals surface area contributed by atoms with E-state index in [1.54, 1.807) is 21.0 Å². The standard InChI is InChI=1S/C16H10.CHNSe/c1-3-11-7-9-13-5-2-6-14-10-8-12(4-1)15(11)16(13)14;2-1-3/h1-10H;3H. The minimum Gasteiger partial charge on any atom is -0.0610 e. The molecule has 0 N–H and O–H groups in total. The Balaban J connectivity index is 0.000000339. The molecule has 0 amide bonds. The summed E-state index contributed by atoms with van der Waals surface area (Å²) in [6, 6.07) is 21.9. The summed E-state index contributed by atoms with van der Waals surface area (Å²) in [5.41, 5.74) is 0. The summed E-state index contributed by atoms with van der Waals surface area (Å²) in [4.78, 5) is 1.69. The summed E-state index contributed by atoms with van der Waals surface area (Å²) < 4.78 is 0. The van der Waals surface area contributed by atoms with Crippen LogP contribution in [0.4, 0.5) is 0 Å². The zero-order valence-corrected chi connectivity index (χ0v) is 12.0. The predicted octanol–water partition coefficient (Wildman–Crippen LogP) is 3.95. The predicted molar refractivity (Wildman–Crippen MR) is 82.9 cm³/mol. The molecule has 0 heterocycles. The van der Waals surface area contributed by atoms with Crippen molar-refractivity contribution in [1.29, 1.82) is 5.26 Å². The first-order valence-electron chi connectivity index (χ1n) is 6.01. The van der Waals surface area contributed by atoms with Crippen molar-refractivity contribution in [3.05, 3.63) is 60.7 Å². The molecule has 0 fully saturated rings. The fourth-order valence-electron chi connectivity index (χ4n) is 2.67. The van der Waals surface area contributed by atoms with Crippen molar-refractivity contribution in [2.24, 2.45) is 0 Å². The van der Waals surface area contributed by atoms with Crippen molar-refractivity contribution in [3.8, 4) is 4.97 Å². The van der Waals surface area contributed by atoms with Gasteiger partial charge in [-0.25, -0.2) is 0 Å². The van der Waals surface area contributed by atoms with Gasteiger partial charge in [0.15, 0.2) is 0 Å². The van der Waals surface area contributed by atoms with Gasteiger partial charge in [0, 0.05) is 0 Å². The van der Waals surface area contributed by atoms with Crippen LogP contribution in [0.2, 0.25) is 0 Å². The van der Waals surface area contributed by atoms with Gasteiger partial charge in [-0.05, 0) is 32.3 Å². The molecule has 0 saturated carbocycles. The van der Waals surface area contributed by atoms with Gasteiger partial charge in [0.05, 0.1) is 0 Å². The van der Waals surface area contributed by atoms with Gasteiger partial charge >= 0.3 is 26.2 Å². The Labute approximate surface area is 119 Å². The second-order valence-corrected chi connectivity index (χ2v) is 4.81. The van der Waals surface area contributed by atoms with Crippen LogP contribution in [0.1, 0.15) is 0 Å². The Morgan fingerprint density at radius 1 is 0.632 bits per heavy atom. The Hall–Kier alpha value is -2.07. The van der Waals surface area contributed by atoms with Crippen molar-refractivity contribution in [3.63, 3.8) is 0 Å². The molecule has 4 rings (SSSR count). The van der Waals surface area contributed by atoms with E-state index in [4.69, 9.17) is 5.26 Å². The Morgan fingerprint density at radius 2 is 0.895 bits per heavy atom. The van der Waals surface area contributed by atoms with Crippen molar-refractivity contribution in [1.82, 2.24) is 0 Å². The molecule has 0 aromatic heterocycles. The number of hydrogen-bond acceptors (Lipinski definition) is 1. The summed E-state index contributed by atoms with van der Waals surface area (Å²) in [6.45, 7) is 0. The van der Waals surface area contributed by atoms with Crippen LogP contribution in [-0.4, -0.2) is 16.0 Å². The molecule has 90 valence electrons. The van der Waals surface area contributed by atoms with Crippen molar-refractivity contribution >= 4 is 48.3 Å². The summed E-state index contributed by atoms with van der Waals surface area (Å²) in [7, 11) is 0. The van der Waals surface area contributed by atoms with E-state index in [0.29, 0.717) is 0 Å². The van der Waals surface area contributed by atoms with E-state index in [1.165, 1.54) is 32.3 Å². The summed E-state index contributed by atoms with van der Waals surface area (Å²) in [5, 5.41) is 15.4. The first-order valence-corrected chi connectivity index (χ1v) is 6.94. The fourth-order valence-corrected chi connectivity index (χ4v) is 2.67. The van der Waals surface area contributed by atoms with Gasteiger partial charge in [-0.1, -0.05) is 60.7 Å². The first kappa shape index (κ1) is 12.0. The van der Waals surface area contributed by atoms with Crippen LogP contribution < -0.4 is 0 Å². The maximum atomic E-state index is 7.29. The molecule has 0 atom stereocenters. The largest absolute Gasteiger partial charge is 0.0610 e. The number of nitrogens with zero attached hydrogens (tertiary/aromatic N) is 1. The smallest absolute Gasteiger partial charge is 0.00268 e. The molecule has 0 aliphatic heterocycles. The molecule has 0 radical (unpaired) electrons. The SMILES string of the molecule is N#C[SeH].c1cc2ccc3cccc4ccc(c1)c2c34. The number of benzene rings is 4. The summed E-state index contributed by atoms with van der Waals surface area (Å²) in [5.74, 6) is 0. The molecule has 4 aromatic rings. The quantitative estimate of drug-likeness (QED) is 0.356. The van der Waals surface area contributed by atoms with E-state index in [-0.39, 0.29) is 0 Å². The van der Waals surface area contributed by atoms with E-state index in [1.807, 2.05) is 0 Å². The molecular weight excluding hydrogens is 297 g/mol. The zero-order valence-electron chi connectivity index (χ0n) is 10.2. The average molecular weight is 308 g/mol. The van der Waals surface area contributed by atoms with Crippen LogP contribution in [0.25, 0.3) is 32.3 Å². The molecule has 0 unspecified atom stereocenters. The second kappa shape index (κ2) is 4.90. The second-order valence-electron chi connectivity index (χ2n) is 4.39. The van der Waals surface area contributed by atoms with Gasteiger partial charge in [-0.15, -0.1) is 0 Å². The van der Waals surface area contributed by atoms with Gasteiger partial charge in [-0.2, -0.15) is 0 Å². The Morgan fingerprint density at radius 3 is 1.16 bits per heavy atom. The van der Waals surface area contributed by atoms with E-state index in [0.717, 1.165) is 0 Å². The maximum absolute atomic E-state index is 7.29. The van der Waals surface area contributed by atoms with Crippen molar-refractivity contribution < 1.29 is 0 Å². The molecule has 0 saturated heterocycles.